The number of ether oxygens (including phenoxy) is 2. The lowest BCUT2D eigenvalue weighted by atomic mass is 10.1. The minimum Gasteiger partial charge on any atom is -0.486 e. The molecule has 0 fully saturated rings. The molecule has 8 heteroatoms. The second-order valence-electron chi connectivity index (χ2n) is 8.51. The summed E-state index contributed by atoms with van der Waals surface area (Å²) in [4.78, 5) is 39.1. The maximum Gasteiger partial charge on any atom is 0.254 e. The Morgan fingerprint density at radius 1 is 0.938 bits per heavy atom. The van der Waals surface area contributed by atoms with Crippen LogP contribution in [0.2, 0.25) is 0 Å². The monoisotopic (exact) mass is 439 g/mol. The SMILES string of the molecule is CCN(CC(=O)Nc1ccc2c(c1)OCCO2)C(=O)c1ccc(C(=O)NC(C)(C)C)cc1. The van der Waals surface area contributed by atoms with Crippen molar-refractivity contribution in [3.05, 3.63) is 53.6 Å². The topological polar surface area (TPSA) is 97.0 Å². The molecule has 8 nitrogen and oxygen atoms in total. The average molecular weight is 440 g/mol. The summed E-state index contributed by atoms with van der Waals surface area (Å²) in [6, 6.07) is 11.6. The van der Waals surface area contributed by atoms with Crippen LogP contribution in [0.3, 0.4) is 0 Å². The molecule has 1 aliphatic heterocycles. The first-order valence-electron chi connectivity index (χ1n) is 10.6. The third kappa shape index (κ3) is 6.00. The van der Waals surface area contributed by atoms with Gasteiger partial charge in [0.25, 0.3) is 11.8 Å². The molecule has 0 saturated carbocycles. The minimum atomic E-state index is -0.352. The molecule has 32 heavy (non-hydrogen) atoms. The van der Waals surface area contributed by atoms with Gasteiger partial charge in [0.2, 0.25) is 5.91 Å². The van der Waals surface area contributed by atoms with Crippen molar-refractivity contribution in [2.24, 2.45) is 0 Å². The molecular formula is C24H29N3O5. The molecule has 0 spiro atoms. The number of hydrogen-bond donors (Lipinski definition) is 2. The van der Waals surface area contributed by atoms with Crippen molar-refractivity contribution in [1.29, 1.82) is 0 Å². The number of nitrogens with zero attached hydrogens (tertiary/aromatic N) is 1. The van der Waals surface area contributed by atoms with E-state index in [4.69, 9.17) is 9.47 Å². The van der Waals surface area contributed by atoms with Crippen molar-refractivity contribution < 1.29 is 23.9 Å². The summed E-state index contributed by atoms with van der Waals surface area (Å²) in [5.74, 6) is 0.403. The van der Waals surface area contributed by atoms with Gasteiger partial charge in [-0.1, -0.05) is 0 Å². The lowest BCUT2D eigenvalue weighted by molar-refractivity contribution is -0.116. The lowest BCUT2D eigenvalue weighted by Crippen LogP contribution is -2.40. The van der Waals surface area contributed by atoms with E-state index in [9.17, 15) is 14.4 Å². The third-order valence-electron chi connectivity index (χ3n) is 4.71. The number of carbonyl (C=O) groups is 3. The zero-order valence-corrected chi connectivity index (χ0v) is 18.9. The van der Waals surface area contributed by atoms with Crippen LogP contribution >= 0.6 is 0 Å². The standard InChI is InChI=1S/C24H29N3O5/c1-5-27(15-21(28)25-18-10-11-19-20(14-18)32-13-12-31-19)23(30)17-8-6-16(7-9-17)22(29)26-24(2,3)4/h6-11,14H,5,12-13,15H2,1-4H3,(H,25,28)(H,26,29). The molecule has 3 amide bonds. The van der Waals surface area contributed by atoms with E-state index in [1.54, 1.807) is 49.4 Å². The summed E-state index contributed by atoms with van der Waals surface area (Å²) < 4.78 is 11.0. The van der Waals surface area contributed by atoms with Crippen LogP contribution in [0.5, 0.6) is 11.5 Å². The molecule has 1 aliphatic rings. The Balaban J connectivity index is 1.61. The lowest BCUT2D eigenvalue weighted by Gasteiger charge is -2.22. The number of amides is 3. The summed E-state index contributed by atoms with van der Waals surface area (Å²) in [5.41, 5.74) is 1.09. The van der Waals surface area contributed by atoms with Gasteiger partial charge < -0.3 is 25.0 Å². The predicted octanol–water partition coefficient (Wildman–Crippen LogP) is 3.09. The van der Waals surface area contributed by atoms with Gasteiger partial charge in [-0.15, -0.1) is 0 Å². The molecule has 3 rings (SSSR count). The fourth-order valence-corrected chi connectivity index (χ4v) is 3.18. The number of rotatable bonds is 6. The van der Waals surface area contributed by atoms with E-state index in [-0.39, 0.29) is 29.8 Å². The van der Waals surface area contributed by atoms with E-state index in [0.29, 0.717) is 48.1 Å². The second-order valence-corrected chi connectivity index (χ2v) is 8.51. The summed E-state index contributed by atoms with van der Waals surface area (Å²) in [6.45, 7) is 8.72. The summed E-state index contributed by atoms with van der Waals surface area (Å²) in [5, 5.41) is 5.67. The normalized spacial score (nSPS) is 12.6. The first kappa shape index (κ1) is 23.1. The van der Waals surface area contributed by atoms with E-state index in [1.807, 2.05) is 20.8 Å². The van der Waals surface area contributed by atoms with E-state index in [0.717, 1.165) is 0 Å². The first-order chi connectivity index (χ1) is 15.2. The highest BCUT2D eigenvalue weighted by Crippen LogP contribution is 2.32. The molecule has 170 valence electrons. The maximum absolute atomic E-state index is 12.9. The Morgan fingerprint density at radius 2 is 1.56 bits per heavy atom. The van der Waals surface area contributed by atoms with Crippen molar-refractivity contribution in [2.45, 2.75) is 33.2 Å². The predicted molar refractivity (Wildman–Crippen MR) is 121 cm³/mol. The number of carbonyl (C=O) groups excluding carboxylic acids is 3. The van der Waals surface area contributed by atoms with E-state index >= 15 is 0 Å². The van der Waals surface area contributed by atoms with Crippen LogP contribution in [0.1, 0.15) is 48.4 Å². The van der Waals surface area contributed by atoms with Gasteiger partial charge in [-0.25, -0.2) is 0 Å². The van der Waals surface area contributed by atoms with E-state index < -0.39 is 0 Å². The van der Waals surface area contributed by atoms with Crippen LogP contribution in [0.25, 0.3) is 0 Å². The molecular weight excluding hydrogens is 410 g/mol. The van der Waals surface area contributed by atoms with E-state index in [1.165, 1.54) is 4.90 Å². The maximum atomic E-state index is 12.9. The molecule has 0 unspecified atom stereocenters. The second kappa shape index (κ2) is 9.72. The van der Waals surface area contributed by atoms with E-state index in [2.05, 4.69) is 10.6 Å². The Labute approximate surface area is 187 Å². The molecule has 0 bridgehead atoms. The smallest absolute Gasteiger partial charge is 0.254 e. The van der Waals surface area contributed by atoms with Crippen molar-refractivity contribution >= 4 is 23.4 Å². The van der Waals surface area contributed by atoms with Gasteiger partial charge in [0.15, 0.2) is 11.5 Å². The number of anilines is 1. The molecule has 1 heterocycles. The highest BCUT2D eigenvalue weighted by Gasteiger charge is 2.20. The number of likely N-dealkylation sites (N-methyl/N-ethyl adjacent to an activating group) is 1. The molecule has 0 aliphatic carbocycles. The fraction of sp³-hybridized carbons (Fsp3) is 0.375. The van der Waals surface area contributed by atoms with Gasteiger partial charge in [0.1, 0.15) is 19.8 Å². The Hall–Kier alpha value is -3.55. The van der Waals surface area contributed by atoms with Gasteiger partial charge in [-0.05, 0) is 64.1 Å². The van der Waals surface area contributed by atoms with Gasteiger partial charge in [0, 0.05) is 35.0 Å². The van der Waals surface area contributed by atoms with Crippen molar-refractivity contribution in [3.8, 4) is 11.5 Å². The Bertz CT molecular complexity index is 996. The minimum absolute atomic E-state index is 0.101. The quantitative estimate of drug-likeness (QED) is 0.721. The van der Waals surface area contributed by atoms with Crippen LogP contribution < -0.4 is 20.1 Å². The van der Waals surface area contributed by atoms with Gasteiger partial charge in [-0.3, -0.25) is 14.4 Å². The molecule has 0 aromatic heterocycles. The number of hydrogen-bond acceptors (Lipinski definition) is 5. The van der Waals surface area contributed by atoms with Gasteiger partial charge >= 0.3 is 0 Å². The third-order valence-corrected chi connectivity index (χ3v) is 4.71. The number of fused-ring (bicyclic) bond motifs is 1. The van der Waals surface area contributed by atoms with Gasteiger partial charge in [0.05, 0.1) is 0 Å². The molecule has 0 atom stereocenters. The highest BCUT2D eigenvalue weighted by molar-refractivity contribution is 6.00. The first-order valence-corrected chi connectivity index (χ1v) is 10.6. The zero-order valence-electron chi connectivity index (χ0n) is 18.9. The molecule has 0 saturated heterocycles. The zero-order chi connectivity index (χ0) is 23.3. The van der Waals surface area contributed by atoms with Crippen LogP contribution in [0, 0.1) is 0 Å². The van der Waals surface area contributed by atoms with Crippen molar-refractivity contribution in [1.82, 2.24) is 10.2 Å². The van der Waals surface area contributed by atoms with Gasteiger partial charge in [-0.2, -0.15) is 0 Å². The van der Waals surface area contributed by atoms with Crippen molar-refractivity contribution in [2.75, 3.05) is 31.6 Å². The summed E-state index contributed by atoms with van der Waals surface area (Å²) in [7, 11) is 0. The van der Waals surface area contributed by atoms with Crippen molar-refractivity contribution in [3.63, 3.8) is 0 Å². The molecule has 2 N–H and O–H groups in total. The number of benzene rings is 2. The highest BCUT2D eigenvalue weighted by atomic mass is 16.6. The van der Waals surface area contributed by atoms with Crippen LogP contribution in [-0.2, 0) is 4.79 Å². The van der Waals surface area contributed by atoms with Crippen LogP contribution in [0.15, 0.2) is 42.5 Å². The molecule has 0 radical (unpaired) electrons. The largest absolute Gasteiger partial charge is 0.486 e. The molecule has 2 aromatic rings. The average Bonchev–Trinajstić information content (AvgIpc) is 2.76. The fourth-order valence-electron chi connectivity index (χ4n) is 3.18. The van der Waals surface area contributed by atoms with Crippen LogP contribution in [0.4, 0.5) is 5.69 Å². The summed E-state index contributed by atoms with van der Waals surface area (Å²) >= 11 is 0. The number of nitrogens with one attached hydrogen (secondary N) is 2. The summed E-state index contributed by atoms with van der Waals surface area (Å²) in [6.07, 6.45) is 0. The Morgan fingerprint density at radius 3 is 2.19 bits per heavy atom. The molecule has 2 aromatic carbocycles. The Kier molecular flexibility index (Phi) is 7.02. The van der Waals surface area contributed by atoms with Crippen LogP contribution in [-0.4, -0.2) is 54.5 Å².